The molecule has 1 atom stereocenters. The van der Waals surface area contributed by atoms with Crippen molar-refractivity contribution in [2.24, 2.45) is 5.92 Å². The monoisotopic (exact) mass is 908 g/mol. The van der Waals surface area contributed by atoms with Gasteiger partial charge in [-0.2, -0.15) is 0 Å². The Morgan fingerprint density at radius 3 is 1.22 bits per heavy atom. The SMILES string of the molecule is Cc1ccc(-c2c3nc(c(-c4ccc(C)cc4)c4ccc([nH]4)c(-c4ccc(C(=O)N5CCC(C(=O)N6CCC[C@@H]6C(=O)O)CC5)cc4)c4nc(c(-c5ccc(C)cc5)c5ccc2[nH]5)C=C4)C=C3)cc1. The largest absolute Gasteiger partial charge is 0.480 e. The van der Waals surface area contributed by atoms with Crippen molar-refractivity contribution in [1.29, 1.82) is 0 Å². The lowest BCUT2D eigenvalue weighted by atomic mass is 9.94. The first-order chi connectivity index (χ1) is 33.6. The van der Waals surface area contributed by atoms with Crippen LogP contribution in [0.3, 0.4) is 0 Å². The minimum absolute atomic E-state index is 0.0970. The lowest BCUT2D eigenvalue weighted by molar-refractivity contribution is -0.150. The van der Waals surface area contributed by atoms with Crippen molar-refractivity contribution in [3.05, 3.63) is 166 Å². The maximum atomic E-state index is 14.0. The van der Waals surface area contributed by atoms with Gasteiger partial charge in [0.05, 0.1) is 22.8 Å². The van der Waals surface area contributed by atoms with Crippen molar-refractivity contribution < 1.29 is 19.5 Å². The van der Waals surface area contributed by atoms with E-state index in [1.165, 1.54) is 21.6 Å². The number of rotatable bonds is 7. The van der Waals surface area contributed by atoms with Gasteiger partial charge < -0.3 is 24.9 Å². The Morgan fingerprint density at radius 2 is 0.855 bits per heavy atom. The summed E-state index contributed by atoms with van der Waals surface area (Å²) in [5.74, 6) is -1.44. The molecular formula is C59H52N6O4. The highest BCUT2D eigenvalue weighted by Crippen LogP contribution is 2.39. The molecule has 0 aliphatic carbocycles. The van der Waals surface area contributed by atoms with Gasteiger partial charge in [0, 0.05) is 75.4 Å². The van der Waals surface area contributed by atoms with E-state index in [0.29, 0.717) is 50.9 Å². The lowest BCUT2D eigenvalue weighted by Gasteiger charge is -2.34. The zero-order valence-corrected chi connectivity index (χ0v) is 38.9. The van der Waals surface area contributed by atoms with Gasteiger partial charge in [-0.15, -0.1) is 0 Å². The molecule has 8 bridgehead atoms. The average Bonchev–Trinajstić information content (AvgIpc) is 4.24. The van der Waals surface area contributed by atoms with Gasteiger partial charge in [0.15, 0.2) is 0 Å². The van der Waals surface area contributed by atoms with Gasteiger partial charge in [-0.1, -0.05) is 102 Å². The zero-order chi connectivity index (χ0) is 47.3. The van der Waals surface area contributed by atoms with Crippen LogP contribution in [0.25, 0.3) is 90.9 Å². The fraction of sp³-hybridized carbons (Fsp3) is 0.203. The van der Waals surface area contributed by atoms with Gasteiger partial charge >= 0.3 is 5.97 Å². The molecule has 2 saturated heterocycles. The summed E-state index contributed by atoms with van der Waals surface area (Å²) in [6, 6.07) is 41.2. The Morgan fingerprint density at radius 1 is 0.493 bits per heavy atom. The third-order valence-electron chi connectivity index (χ3n) is 14.1. The zero-order valence-electron chi connectivity index (χ0n) is 38.9. The van der Waals surface area contributed by atoms with Crippen molar-refractivity contribution in [3.63, 3.8) is 0 Å². The van der Waals surface area contributed by atoms with Crippen molar-refractivity contribution in [2.45, 2.75) is 52.5 Å². The first-order valence-corrected chi connectivity index (χ1v) is 23.9. The number of nitrogens with zero attached hydrogens (tertiary/aromatic N) is 4. The molecule has 2 amide bonds. The molecule has 7 aromatic rings. The van der Waals surface area contributed by atoms with E-state index in [9.17, 15) is 19.5 Å². The summed E-state index contributed by atoms with van der Waals surface area (Å²) in [5.41, 5.74) is 18.8. The molecule has 4 aromatic carbocycles. The maximum Gasteiger partial charge on any atom is 0.326 e. The number of carboxylic acid groups (broad SMARTS) is 1. The molecule has 2 fully saturated rings. The second-order valence-corrected chi connectivity index (χ2v) is 18.8. The molecule has 3 N–H and O–H groups in total. The molecule has 10 heteroatoms. The molecule has 10 nitrogen and oxygen atoms in total. The number of carboxylic acids is 1. The van der Waals surface area contributed by atoms with Gasteiger partial charge in [-0.3, -0.25) is 9.59 Å². The number of aryl methyl sites for hydroxylation is 3. The van der Waals surface area contributed by atoms with E-state index >= 15 is 0 Å². The van der Waals surface area contributed by atoms with Gasteiger partial charge in [-0.05, 0) is 129 Å². The number of aromatic amines is 2. The number of aliphatic carboxylic acids is 1. The number of benzene rings is 4. The minimum Gasteiger partial charge on any atom is -0.480 e. The van der Waals surface area contributed by atoms with Crippen LogP contribution in [0.2, 0.25) is 0 Å². The summed E-state index contributed by atoms with van der Waals surface area (Å²) in [4.78, 5) is 61.1. The summed E-state index contributed by atoms with van der Waals surface area (Å²) < 4.78 is 0. The number of piperidine rings is 1. The van der Waals surface area contributed by atoms with Crippen molar-refractivity contribution in [1.82, 2.24) is 29.7 Å². The highest BCUT2D eigenvalue weighted by molar-refractivity contribution is 6.01. The lowest BCUT2D eigenvalue weighted by Crippen LogP contribution is -2.47. The number of amides is 2. The second kappa shape index (κ2) is 17.8. The fourth-order valence-corrected chi connectivity index (χ4v) is 10.4. The Kier molecular flexibility index (Phi) is 11.2. The van der Waals surface area contributed by atoms with Crippen molar-refractivity contribution in [2.75, 3.05) is 19.6 Å². The topological polar surface area (TPSA) is 135 Å². The highest BCUT2D eigenvalue weighted by Gasteiger charge is 2.38. The highest BCUT2D eigenvalue weighted by atomic mass is 16.4. The third kappa shape index (κ3) is 8.26. The van der Waals surface area contributed by atoms with Crippen LogP contribution >= 0.6 is 0 Å². The van der Waals surface area contributed by atoms with Crippen molar-refractivity contribution >= 4 is 64.2 Å². The molecule has 4 aliphatic rings. The standard InChI is InChI=1S/C59H52N6O4/c1-35-6-12-38(13-7-35)53-44-22-24-46(60-44)54(39-14-8-36(2)9-15-39)48-26-28-50(62-48)56(51-29-27-49(63-51)55(47-25-23-45(53)61-47)40-16-10-37(3)11-17-40)41-18-20-42(21-19-41)57(66)64-33-30-43(31-34-64)58(67)65-32-4-5-52(65)59(68)69/h6-29,43,52,60,63H,4-5,30-34H2,1-3H3,(H,68,69)/t52-/m1/s1. The van der Waals surface area contributed by atoms with Gasteiger partial charge in [0.2, 0.25) is 5.91 Å². The van der Waals surface area contributed by atoms with E-state index in [1.54, 1.807) is 4.90 Å². The molecule has 11 rings (SSSR count). The Labute approximate surface area is 400 Å². The number of carbonyl (C=O) groups is 3. The van der Waals surface area contributed by atoms with E-state index in [1.807, 2.05) is 24.3 Å². The van der Waals surface area contributed by atoms with Gasteiger partial charge in [0.1, 0.15) is 6.04 Å². The van der Waals surface area contributed by atoms with Gasteiger partial charge in [-0.25, -0.2) is 14.8 Å². The molecule has 0 radical (unpaired) electrons. The second-order valence-electron chi connectivity index (χ2n) is 18.8. The number of hydrogen-bond acceptors (Lipinski definition) is 5. The predicted octanol–water partition coefficient (Wildman–Crippen LogP) is 12.2. The van der Waals surface area contributed by atoms with Crippen LogP contribution in [0.1, 0.15) is 75.5 Å². The summed E-state index contributed by atoms with van der Waals surface area (Å²) in [6.45, 7) is 7.61. The minimum atomic E-state index is -0.949. The summed E-state index contributed by atoms with van der Waals surface area (Å²) >= 11 is 0. The molecule has 0 saturated carbocycles. The number of H-pyrrole nitrogens is 2. The maximum absolute atomic E-state index is 14.0. The average molecular weight is 909 g/mol. The van der Waals surface area contributed by atoms with Crippen LogP contribution in [-0.2, 0) is 9.59 Å². The first-order valence-electron chi connectivity index (χ1n) is 23.9. The smallest absolute Gasteiger partial charge is 0.326 e. The van der Waals surface area contributed by atoms with E-state index in [4.69, 9.17) is 9.97 Å². The normalized spacial score (nSPS) is 15.8. The Bertz CT molecular complexity index is 3360. The summed E-state index contributed by atoms with van der Waals surface area (Å²) in [6.07, 6.45) is 10.6. The molecular weight excluding hydrogens is 857 g/mol. The van der Waals surface area contributed by atoms with Crippen LogP contribution < -0.4 is 0 Å². The predicted molar refractivity (Wildman–Crippen MR) is 276 cm³/mol. The number of fused-ring (bicyclic) bond motifs is 8. The molecule has 3 aromatic heterocycles. The fourth-order valence-electron chi connectivity index (χ4n) is 10.4. The van der Waals surface area contributed by atoms with E-state index in [0.717, 1.165) is 89.4 Å². The molecule has 0 spiro atoms. The molecule has 69 heavy (non-hydrogen) atoms. The van der Waals surface area contributed by atoms with Gasteiger partial charge in [0.25, 0.3) is 5.91 Å². The molecule has 342 valence electrons. The third-order valence-corrected chi connectivity index (χ3v) is 14.1. The van der Waals surface area contributed by atoms with Crippen molar-refractivity contribution in [3.8, 4) is 44.5 Å². The summed E-state index contributed by atoms with van der Waals surface area (Å²) in [5, 5.41) is 9.67. The molecule has 4 aliphatic heterocycles. The van der Waals surface area contributed by atoms with E-state index in [2.05, 4.69) is 152 Å². The number of likely N-dealkylation sites (tertiary alicyclic amines) is 2. The van der Waals surface area contributed by atoms with Crippen LogP contribution in [0.4, 0.5) is 0 Å². The Balaban J connectivity index is 1.06. The molecule has 0 unspecified atom stereocenters. The quantitative estimate of drug-likeness (QED) is 0.146. The van der Waals surface area contributed by atoms with Crippen LogP contribution in [0.15, 0.2) is 121 Å². The van der Waals surface area contributed by atoms with Crippen LogP contribution in [0, 0.1) is 26.7 Å². The number of hydrogen-bond donors (Lipinski definition) is 3. The van der Waals surface area contributed by atoms with E-state index < -0.39 is 12.0 Å². The van der Waals surface area contributed by atoms with E-state index in [-0.39, 0.29) is 17.7 Å². The number of carbonyl (C=O) groups excluding carboxylic acids is 2. The van der Waals surface area contributed by atoms with Crippen LogP contribution in [0.5, 0.6) is 0 Å². The first kappa shape index (κ1) is 43.5. The number of aromatic nitrogens is 4. The summed E-state index contributed by atoms with van der Waals surface area (Å²) in [7, 11) is 0. The van der Waals surface area contributed by atoms with Crippen LogP contribution in [-0.4, -0.2) is 78.3 Å². The Hall–Kier alpha value is -8.11. The molecule has 7 heterocycles. The number of nitrogens with one attached hydrogen (secondary N) is 2.